The van der Waals surface area contributed by atoms with Crippen molar-refractivity contribution >= 4 is 17.7 Å². The first-order valence-electron chi connectivity index (χ1n) is 18.8. The van der Waals surface area contributed by atoms with E-state index in [1.54, 1.807) is 18.2 Å². The Morgan fingerprint density at radius 1 is 0.646 bits per heavy atom. The third-order valence-electron chi connectivity index (χ3n) is 11.6. The number of amides is 3. The lowest BCUT2D eigenvalue weighted by Crippen LogP contribution is -2.47. The number of rotatable bonds is 10. The second-order valence-electron chi connectivity index (χ2n) is 14.8. The molecular weight excluding hydrogens is 602 g/mol. The van der Waals surface area contributed by atoms with Gasteiger partial charge in [0.25, 0.3) is 11.8 Å². The number of hydrogen-bond donors (Lipinski definition) is 2. The van der Waals surface area contributed by atoms with Crippen molar-refractivity contribution in [1.82, 2.24) is 25.3 Å². The minimum absolute atomic E-state index is 0.0538. The Morgan fingerprint density at radius 2 is 1.17 bits per heavy atom. The largest absolute Gasteiger partial charge is 0.457 e. The maximum Gasteiger partial charge on any atom is 0.251 e. The van der Waals surface area contributed by atoms with Gasteiger partial charge in [-0.15, -0.1) is 0 Å². The highest BCUT2D eigenvalue weighted by Crippen LogP contribution is 2.31. The van der Waals surface area contributed by atoms with Crippen molar-refractivity contribution < 1.29 is 19.1 Å². The Kier molecular flexibility index (Phi) is 10.6. The summed E-state index contributed by atoms with van der Waals surface area (Å²) in [7, 11) is 0. The second-order valence-corrected chi connectivity index (χ2v) is 14.8. The Balaban J connectivity index is 0.974. The van der Waals surface area contributed by atoms with Gasteiger partial charge >= 0.3 is 0 Å². The summed E-state index contributed by atoms with van der Waals surface area (Å²) in [5.41, 5.74) is 2.02. The molecule has 0 spiro atoms. The van der Waals surface area contributed by atoms with E-state index in [0.29, 0.717) is 35.6 Å². The van der Waals surface area contributed by atoms with Crippen LogP contribution in [-0.2, 0) is 11.3 Å². The molecular formula is C39H53N5O4. The van der Waals surface area contributed by atoms with Crippen molar-refractivity contribution in [3.63, 3.8) is 0 Å². The minimum atomic E-state index is -0.0935. The normalized spacial score (nSPS) is 22.4. The molecule has 48 heavy (non-hydrogen) atoms. The van der Waals surface area contributed by atoms with Gasteiger partial charge in [-0.3, -0.25) is 14.4 Å². The van der Waals surface area contributed by atoms with Crippen molar-refractivity contribution in [3.8, 4) is 11.5 Å². The van der Waals surface area contributed by atoms with Gasteiger partial charge in [-0.25, -0.2) is 0 Å². The monoisotopic (exact) mass is 655 g/mol. The second kappa shape index (κ2) is 15.4. The number of hydrogen-bond acceptors (Lipinski definition) is 6. The number of ether oxygens (including phenoxy) is 1. The van der Waals surface area contributed by atoms with Crippen LogP contribution in [0.4, 0.5) is 0 Å². The Hall–Kier alpha value is -3.43. The average molecular weight is 656 g/mol. The quantitative estimate of drug-likeness (QED) is 0.333. The highest BCUT2D eigenvalue weighted by molar-refractivity contribution is 5.95. The van der Waals surface area contributed by atoms with E-state index in [-0.39, 0.29) is 29.8 Å². The van der Waals surface area contributed by atoms with E-state index in [1.165, 1.54) is 51.4 Å². The third kappa shape index (κ3) is 8.05. The van der Waals surface area contributed by atoms with Crippen LogP contribution in [-0.4, -0.2) is 89.3 Å². The van der Waals surface area contributed by atoms with Crippen molar-refractivity contribution in [3.05, 3.63) is 59.2 Å². The Morgan fingerprint density at radius 3 is 1.69 bits per heavy atom. The SMILES string of the molecule is O=C(NC1CCN(C2CCCC2)CC1)c1ccc(Oc2cc(C(=O)NC3CCN(C4CCCC4)CC3)ccc2CN2CCCC2=O)cc1. The van der Waals surface area contributed by atoms with Crippen molar-refractivity contribution in [2.24, 2.45) is 0 Å². The molecule has 9 nitrogen and oxygen atoms in total. The van der Waals surface area contributed by atoms with Gasteiger partial charge < -0.3 is 30.1 Å². The number of nitrogens with one attached hydrogen (secondary N) is 2. The van der Waals surface area contributed by atoms with Crippen LogP contribution < -0.4 is 15.4 Å². The zero-order chi connectivity index (χ0) is 32.9. The van der Waals surface area contributed by atoms with E-state index >= 15 is 0 Å². The summed E-state index contributed by atoms with van der Waals surface area (Å²) in [4.78, 5) is 46.1. The smallest absolute Gasteiger partial charge is 0.251 e. The number of likely N-dealkylation sites (tertiary alicyclic amines) is 3. The molecule has 3 heterocycles. The molecule has 0 atom stereocenters. The fraction of sp³-hybridized carbons (Fsp3) is 0.615. The summed E-state index contributed by atoms with van der Waals surface area (Å²) in [6.45, 7) is 5.37. The van der Waals surface area contributed by atoms with E-state index in [4.69, 9.17) is 4.74 Å². The molecule has 2 saturated carbocycles. The number of benzene rings is 2. The molecule has 0 unspecified atom stereocenters. The van der Waals surface area contributed by atoms with Crippen molar-refractivity contribution in [2.75, 3.05) is 32.7 Å². The summed E-state index contributed by atoms with van der Waals surface area (Å²) < 4.78 is 6.39. The van der Waals surface area contributed by atoms with Gasteiger partial charge in [-0.1, -0.05) is 31.7 Å². The first kappa shape index (κ1) is 33.1. The molecule has 9 heteroatoms. The predicted molar refractivity (Wildman–Crippen MR) is 186 cm³/mol. The van der Waals surface area contributed by atoms with Gasteiger partial charge in [0.2, 0.25) is 5.91 Å². The molecule has 5 fully saturated rings. The zero-order valence-electron chi connectivity index (χ0n) is 28.5. The van der Waals surface area contributed by atoms with E-state index in [0.717, 1.165) is 82.5 Å². The van der Waals surface area contributed by atoms with Crippen LogP contribution in [0.1, 0.15) is 116 Å². The Bertz CT molecular complexity index is 1420. The van der Waals surface area contributed by atoms with Gasteiger partial charge in [-0.2, -0.15) is 0 Å². The molecule has 0 aromatic heterocycles. The zero-order valence-corrected chi connectivity index (χ0v) is 28.5. The van der Waals surface area contributed by atoms with Crippen LogP contribution in [0.3, 0.4) is 0 Å². The lowest BCUT2D eigenvalue weighted by atomic mass is 10.0. The molecule has 2 aromatic rings. The van der Waals surface area contributed by atoms with E-state index in [2.05, 4.69) is 20.4 Å². The summed E-state index contributed by atoms with van der Waals surface area (Å²) in [6.07, 6.45) is 16.0. The van der Waals surface area contributed by atoms with Crippen LogP contribution in [0, 0.1) is 0 Å². The highest BCUT2D eigenvalue weighted by Gasteiger charge is 2.30. The summed E-state index contributed by atoms with van der Waals surface area (Å²) in [6, 6.07) is 14.6. The summed E-state index contributed by atoms with van der Waals surface area (Å²) in [5, 5.41) is 6.52. The fourth-order valence-electron chi connectivity index (χ4n) is 8.69. The highest BCUT2D eigenvalue weighted by atomic mass is 16.5. The molecule has 2 aliphatic carbocycles. The average Bonchev–Trinajstić information content (AvgIpc) is 3.92. The van der Waals surface area contributed by atoms with Gasteiger partial charge in [-0.05, 0) is 94.2 Å². The van der Waals surface area contributed by atoms with Crippen molar-refractivity contribution in [1.29, 1.82) is 0 Å². The fourth-order valence-corrected chi connectivity index (χ4v) is 8.69. The molecule has 2 aromatic carbocycles. The minimum Gasteiger partial charge on any atom is -0.457 e. The molecule has 258 valence electrons. The topological polar surface area (TPSA) is 94.2 Å². The van der Waals surface area contributed by atoms with E-state index < -0.39 is 0 Å². The number of carbonyl (C=O) groups excluding carboxylic acids is 3. The molecule has 3 aliphatic heterocycles. The lowest BCUT2D eigenvalue weighted by molar-refractivity contribution is -0.128. The van der Waals surface area contributed by atoms with Crippen molar-refractivity contribution in [2.45, 2.75) is 121 Å². The van der Waals surface area contributed by atoms with Crippen LogP contribution in [0.25, 0.3) is 0 Å². The Labute approximate surface area is 285 Å². The number of piperidine rings is 2. The molecule has 0 bridgehead atoms. The standard InChI is InChI=1S/C39H53N5O4/c45-37-10-5-21-44(37)27-30-12-11-29(39(47)41-32-19-24-43(25-20-32)34-8-3-4-9-34)26-36(30)48-35-15-13-28(14-16-35)38(46)40-31-17-22-42(23-18-31)33-6-1-2-7-33/h11-16,26,31-34H,1-10,17-25,27H2,(H,40,46)(H,41,47). The van der Waals surface area contributed by atoms with Gasteiger partial charge in [0.1, 0.15) is 11.5 Å². The van der Waals surface area contributed by atoms with Crippen LogP contribution in [0.5, 0.6) is 11.5 Å². The summed E-state index contributed by atoms with van der Waals surface area (Å²) >= 11 is 0. The first-order valence-corrected chi connectivity index (χ1v) is 18.8. The maximum absolute atomic E-state index is 13.4. The lowest BCUT2D eigenvalue weighted by Gasteiger charge is -2.36. The molecule has 3 saturated heterocycles. The molecule has 2 N–H and O–H groups in total. The van der Waals surface area contributed by atoms with Crippen LogP contribution in [0.15, 0.2) is 42.5 Å². The maximum atomic E-state index is 13.4. The predicted octanol–water partition coefficient (Wildman–Crippen LogP) is 5.87. The van der Waals surface area contributed by atoms with Crippen LogP contribution in [0.2, 0.25) is 0 Å². The van der Waals surface area contributed by atoms with Crippen LogP contribution >= 0.6 is 0 Å². The van der Waals surface area contributed by atoms with E-state index in [9.17, 15) is 14.4 Å². The summed E-state index contributed by atoms with van der Waals surface area (Å²) in [5.74, 6) is 1.14. The molecule has 0 radical (unpaired) electrons. The molecule has 7 rings (SSSR count). The van der Waals surface area contributed by atoms with E-state index in [1.807, 2.05) is 29.2 Å². The first-order chi connectivity index (χ1) is 23.5. The van der Waals surface area contributed by atoms with Gasteiger partial charge in [0.15, 0.2) is 0 Å². The van der Waals surface area contributed by atoms with Gasteiger partial charge in [0, 0.05) is 86.5 Å². The number of nitrogens with zero attached hydrogens (tertiary/aromatic N) is 3. The molecule has 5 aliphatic rings. The third-order valence-corrected chi connectivity index (χ3v) is 11.6. The molecule has 3 amide bonds. The van der Waals surface area contributed by atoms with Gasteiger partial charge in [0.05, 0.1) is 0 Å². The number of carbonyl (C=O) groups is 3.